The number of methoxy groups -OCH3 is 1. The summed E-state index contributed by atoms with van der Waals surface area (Å²) in [7, 11) is 1.66. The van der Waals surface area contributed by atoms with Crippen LogP contribution < -0.4 is 9.64 Å². The van der Waals surface area contributed by atoms with Crippen molar-refractivity contribution in [1.29, 1.82) is 0 Å². The summed E-state index contributed by atoms with van der Waals surface area (Å²) in [5, 5.41) is 1.07. The van der Waals surface area contributed by atoms with Crippen LogP contribution in [0.2, 0.25) is 10.0 Å². The van der Waals surface area contributed by atoms with E-state index in [1.165, 1.54) is 0 Å². The van der Waals surface area contributed by atoms with Crippen molar-refractivity contribution in [3.8, 4) is 5.75 Å². The Morgan fingerprint density at radius 1 is 1.00 bits per heavy atom. The normalized spacial score (nSPS) is 14.4. The molecule has 0 unspecified atom stereocenters. The van der Waals surface area contributed by atoms with Crippen LogP contribution in [0.4, 0.5) is 5.69 Å². The van der Waals surface area contributed by atoms with E-state index in [9.17, 15) is 4.79 Å². The Hall–Kier alpha value is -1.91. The fourth-order valence-electron chi connectivity index (χ4n) is 3.11. The topological polar surface area (TPSA) is 32.8 Å². The molecule has 0 saturated carbocycles. The molecule has 0 bridgehead atoms. The van der Waals surface area contributed by atoms with Crippen LogP contribution in [-0.4, -0.2) is 44.1 Å². The first kappa shape index (κ1) is 18.9. The van der Waals surface area contributed by atoms with Gasteiger partial charge in [0.1, 0.15) is 5.75 Å². The summed E-state index contributed by atoms with van der Waals surface area (Å²) in [4.78, 5) is 16.7. The summed E-state index contributed by atoms with van der Waals surface area (Å²) in [6.45, 7) is 3.16. The molecular formula is C20H22Cl2N2O2. The zero-order valence-corrected chi connectivity index (χ0v) is 16.3. The highest BCUT2D eigenvalue weighted by Crippen LogP contribution is 2.24. The molecule has 0 N–H and O–H groups in total. The Morgan fingerprint density at radius 2 is 1.69 bits per heavy atom. The average Bonchev–Trinajstić information content (AvgIpc) is 2.69. The number of piperazine rings is 1. The first-order chi connectivity index (χ1) is 12.6. The van der Waals surface area contributed by atoms with Crippen LogP contribution in [-0.2, 0) is 11.2 Å². The van der Waals surface area contributed by atoms with Gasteiger partial charge >= 0.3 is 0 Å². The Balaban J connectivity index is 1.49. The minimum Gasteiger partial charge on any atom is -0.497 e. The van der Waals surface area contributed by atoms with E-state index in [2.05, 4.69) is 17.0 Å². The first-order valence-electron chi connectivity index (χ1n) is 8.67. The summed E-state index contributed by atoms with van der Waals surface area (Å²) < 4.78 is 5.20. The van der Waals surface area contributed by atoms with Gasteiger partial charge in [-0.1, -0.05) is 29.3 Å². The molecule has 6 heteroatoms. The van der Waals surface area contributed by atoms with Gasteiger partial charge in [-0.15, -0.1) is 0 Å². The number of benzene rings is 2. The number of amides is 1. The standard InChI is InChI=1S/C20H22Cl2N2O2/c1-26-17-6-4-16(5-7-17)23-10-12-24(13-11-23)20(25)9-3-15-2-8-18(21)19(22)14-15/h2,4-8,14H,3,9-13H2,1H3. The summed E-state index contributed by atoms with van der Waals surface area (Å²) in [5.41, 5.74) is 2.19. The van der Waals surface area contributed by atoms with Crippen molar-refractivity contribution < 1.29 is 9.53 Å². The van der Waals surface area contributed by atoms with Crippen molar-refractivity contribution in [3.05, 3.63) is 58.1 Å². The van der Waals surface area contributed by atoms with Crippen molar-refractivity contribution in [2.24, 2.45) is 0 Å². The number of halogens is 2. The maximum atomic E-state index is 12.5. The maximum Gasteiger partial charge on any atom is 0.223 e. The number of hydrogen-bond acceptors (Lipinski definition) is 3. The lowest BCUT2D eigenvalue weighted by atomic mass is 10.1. The summed E-state index contributed by atoms with van der Waals surface area (Å²) >= 11 is 12.0. The predicted octanol–water partition coefficient (Wildman–Crippen LogP) is 4.28. The lowest BCUT2D eigenvalue weighted by Crippen LogP contribution is -2.48. The maximum absolute atomic E-state index is 12.5. The molecule has 1 heterocycles. The molecule has 1 aliphatic rings. The third-order valence-electron chi connectivity index (χ3n) is 4.68. The molecule has 26 heavy (non-hydrogen) atoms. The highest BCUT2D eigenvalue weighted by atomic mass is 35.5. The monoisotopic (exact) mass is 392 g/mol. The fraction of sp³-hybridized carbons (Fsp3) is 0.350. The van der Waals surface area contributed by atoms with Gasteiger partial charge in [-0.2, -0.15) is 0 Å². The molecule has 0 aliphatic carbocycles. The van der Waals surface area contributed by atoms with Crippen LogP contribution in [0.5, 0.6) is 5.75 Å². The molecule has 1 aliphatic heterocycles. The van der Waals surface area contributed by atoms with Crippen molar-refractivity contribution in [1.82, 2.24) is 4.90 Å². The van der Waals surface area contributed by atoms with Crippen LogP contribution in [0.15, 0.2) is 42.5 Å². The number of nitrogens with zero attached hydrogens (tertiary/aromatic N) is 2. The number of rotatable bonds is 5. The van der Waals surface area contributed by atoms with E-state index in [0.29, 0.717) is 22.9 Å². The molecule has 4 nitrogen and oxygen atoms in total. The third-order valence-corrected chi connectivity index (χ3v) is 5.42. The fourth-order valence-corrected chi connectivity index (χ4v) is 3.43. The average molecular weight is 393 g/mol. The van der Waals surface area contributed by atoms with Gasteiger partial charge in [-0.3, -0.25) is 4.79 Å². The van der Waals surface area contributed by atoms with E-state index < -0.39 is 0 Å². The second-order valence-electron chi connectivity index (χ2n) is 6.31. The van der Waals surface area contributed by atoms with Gasteiger partial charge < -0.3 is 14.5 Å². The third kappa shape index (κ3) is 4.63. The molecule has 138 valence electrons. The lowest BCUT2D eigenvalue weighted by Gasteiger charge is -2.36. The van der Waals surface area contributed by atoms with E-state index >= 15 is 0 Å². The Bertz CT molecular complexity index is 757. The SMILES string of the molecule is COc1ccc(N2CCN(C(=O)CCc3ccc(Cl)c(Cl)c3)CC2)cc1. The van der Waals surface area contributed by atoms with Crippen molar-refractivity contribution in [3.63, 3.8) is 0 Å². The number of hydrogen-bond donors (Lipinski definition) is 0. The van der Waals surface area contributed by atoms with Crippen molar-refractivity contribution in [2.45, 2.75) is 12.8 Å². The van der Waals surface area contributed by atoms with E-state index in [1.807, 2.05) is 29.2 Å². The number of ether oxygens (including phenoxy) is 1. The van der Waals surface area contributed by atoms with Crippen LogP contribution in [0, 0.1) is 0 Å². The summed E-state index contributed by atoms with van der Waals surface area (Å²) in [6, 6.07) is 13.6. The summed E-state index contributed by atoms with van der Waals surface area (Å²) in [6.07, 6.45) is 1.16. The zero-order chi connectivity index (χ0) is 18.5. The minimum atomic E-state index is 0.186. The quantitative estimate of drug-likeness (QED) is 0.760. The smallest absolute Gasteiger partial charge is 0.223 e. The molecule has 0 atom stereocenters. The van der Waals surface area contributed by atoms with Gasteiger partial charge in [0.2, 0.25) is 5.91 Å². The first-order valence-corrected chi connectivity index (χ1v) is 9.43. The number of carbonyl (C=O) groups excluding carboxylic acids is 1. The van der Waals surface area contributed by atoms with Crippen LogP contribution >= 0.6 is 23.2 Å². The predicted molar refractivity (Wildman–Crippen MR) is 107 cm³/mol. The largest absolute Gasteiger partial charge is 0.497 e. The van der Waals surface area contributed by atoms with Crippen LogP contribution in [0.25, 0.3) is 0 Å². The second-order valence-corrected chi connectivity index (χ2v) is 7.13. The van der Waals surface area contributed by atoms with Gasteiger partial charge in [-0.05, 0) is 48.4 Å². The molecule has 1 saturated heterocycles. The second kappa shape index (κ2) is 8.65. The van der Waals surface area contributed by atoms with E-state index in [-0.39, 0.29) is 5.91 Å². The molecule has 0 aromatic heterocycles. The van der Waals surface area contributed by atoms with Crippen LogP contribution in [0.1, 0.15) is 12.0 Å². The molecule has 1 amide bonds. The number of anilines is 1. The van der Waals surface area contributed by atoms with Gasteiger partial charge in [-0.25, -0.2) is 0 Å². The molecule has 0 radical (unpaired) electrons. The molecule has 3 rings (SSSR count). The highest BCUT2D eigenvalue weighted by Gasteiger charge is 2.21. The van der Waals surface area contributed by atoms with Gasteiger partial charge in [0.15, 0.2) is 0 Å². The van der Waals surface area contributed by atoms with Crippen LogP contribution in [0.3, 0.4) is 0 Å². The Morgan fingerprint density at radius 3 is 2.31 bits per heavy atom. The lowest BCUT2D eigenvalue weighted by molar-refractivity contribution is -0.131. The van der Waals surface area contributed by atoms with E-state index in [4.69, 9.17) is 27.9 Å². The van der Waals surface area contributed by atoms with E-state index in [0.717, 1.165) is 43.2 Å². The Labute approximate surface area is 164 Å². The Kier molecular flexibility index (Phi) is 6.28. The van der Waals surface area contributed by atoms with Crippen molar-refractivity contribution in [2.75, 3.05) is 38.2 Å². The minimum absolute atomic E-state index is 0.186. The zero-order valence-electron chi connectivity index (χ0n) is 14.8. The molecule has 0 spiro atoms. The molecular weight excluding hydrogens is 371 g/mol. The van der Waals surface area contributed by atoms with Gasteiger partial charge in [0.05, 0.1) is 17.2 Å². The molecule has 2 aromatic rings. The highest BCUT2D eigenvalue weighted by molar-refractivity contribution is 6.42. The van der Waals surface area contributed by atoms with Crippen molar-refractivity contribution >= 4 is 34.8 Å². The van der Waals surface area contributed by atoms with Gasteiger partial charge in [0.25, 0.3) is 0 Å². The number of carbonyl (C=O) groups is 1. The van der Waals surface area contributed by atoms with E-state index in [1.54, 1.807) is 13.2 Å². The van der Waals surface area contributed by atoms with Gasteiger partial charge in [0, 0.05) is 38.3 Å². The number of aryl methyl sites for hydroxylation is 1. The summed E-state index contributed by atoms with van der Waals surface area (Å²) in [5.74, 6) is 1.04. The molecule has 1 fully saturated rings. The molecule has 2 aromatic carbocycles.